The average molecular weight is 257 g/mol. The highest BCUT2D eigenvalue weighted by Gasteiger charge is 2.17. The van der Waals surface area contributed by atoms with E-state index in [0.717, 1.165) is 0 Å². The van der Waals surface area contributed by atoms with Crippen LogP contribution in [0.5, 0.6) is 0 Å². The second kappa shape index (κ2) is 4.52. The van der Waals surface area contributed by atoms with E-state index in [4.69, 9.17) is 4.74 Å². The Balaban J connectivity index is 2.18. The van der Waals surface area contributed by atoms with Gasteiger partial charge in [0.25, 0.3) is 0 Å². The fourth-order valence-corrected chi connectivity index (χ4v) is 1.77. The van der Waals surface area contributed by atoms with Crippen molar-refractivity contribution in [2.24, 2.45) is 0 Å². The van der Waals surface area contributed by atoms with Crippen LogP contribution in [0.4, 0.5) is 0 Å². The van der Waals surface area contributed by atoms with Crippen molar-refractivity contribution in [3.8, 4) is 5.95 Å². The molecule has 96 valence electrons. The van der Waals surface area contributed by atoms with E-state index in [1.807, 2.05) is 0 Å². The fourth-order valence-electron chi connectivity index (χ4n) is 1.77. The number of imidazole rings is 1. The quantitative estimate of drug-likeness (QED) is 0.715. The zero-order valence-corrected chi connectivity index (χ0v) is 10.2. The molecule has 0 aliphatic rings. The lowest BCUT2D eigenvalue weighted by Gasteiger charge is -2.05. The Morgan fingerprint density at radius 1 is 1.47 bits per heavy atom. The lowest BCUT2D eigenvalue weighted by Crippen LogP contribution is -2.11. The first-order valence-corrected chi connectivity index (χ1v) is 5.80. The predicted octanol–water partition coefficient (Wildman–Crippen LogP) is 1.32. The topological polar surface area (TPSA) is 85.7 Å². The van der Waals surface area contributed by atoms with Crippen molar-refractivity contribution in [3.05, 3.63) is 36.7 Å². The van der Waals surface area contributed by atoms with E-state index in [0.29, 0.717) is 23.6 Å². The van der Waals surface area contributed by atoms with Crippen LogP contribution in [0.25, 0.3) is 17.0 Å². The molecule has 1 N–H and O–H groups in total. The van der Waals surface area contributed by atoms with Gasteiger partial charge >= 0.3 is 5.97 Å². The number of fused-ring (bicyclic) bond motifs is 1. The zero-order chi connectivity index (χ0) is 13.2. The molecular weight excluding hydrogens is 246 g/mol. The van der Waals surface area contributed by atoms with Gasteiger partial charge in [-0.15, -0.1) is 0 Å². The summed E-state index contributed by atoms with van der Waals surface area (Å²) in [6, 6.07) is 1.78. The Morgan fingerprint density at radius 2 is 2.37 bits per heavy atom. The Labute approximate surface area is 108 Å². The summed E-state index contributed by atoms with van der Waals surface area (Å²) in [6.07, 6.45) is 6.61. The SMILES string of the molecule is CCOC(=O)c1nc(-n2ccnc2)nc2cc[nH]c12. The van der Waals surface area contributed by atoms with E-state index in [2.05, 4.69) is 19.9 Å². The number of nitrogens with zero attached hydrogens (tertiary/aromatic N) is 4. The molecule has 0 aliphatic carbocycles. The number of aromatic amines is 1. The van der Waals surface area contributed by atoms with Crippen LogP contribution in [0.15, 0.2) is 31.0 Å². The molecule has 3 aromatic heterocycles. The summed E-state index contributed by atoms with van der Waals surface area (Å²) < 4.78 is 6.64. The highest BCUT2D eigenvalue weighted by molar-refractivity contribution is 6.00. The average Bonchev–Trinajstić information content (AvgIpc) is 3.08. The molecule has 3 heterocycles. The van der Waals surface area contributed by atoms with Crippen LogP contribution < -0.4 is 0 Å². The van der Waals surface area contributed by atoms with E-state index < -0.39 is 5.97 Å². The first-order valence-electron chi connectivity index (χ1n) is 5.80. The van der Waals surface area contributed by atoms with Crippen molar-refractivity contribution in [2.45, 2.75) is 6.92 Å². The predicted molar refractivity (Wildman–Crippen MR) is 67.0 cm³/mol. The van der Waals surface area contributed by atoms with Gasteiger partial charge in [-0.3, -0.25) is 4.57 Å². The van der Waals surface area contributed by atoms with Crippen molar-refractivity contribution in [1.29, 1.82) is 0 Å². The van der Waals surface area contributed by atoms with Crippen molar-refractivity contribution in [1.82, 2.24) is 24.5 Å². The number of esters is 1. The largest absolute Gasteiger partial charge is 0.461 e. The first kappa shape index (κ1) is 11.4. The molecule has 7 nitrogen and oxygen atoms in total. The smallest absolute Gasteiger partial charge is 0.359 e. The van der Waals surface area contributed by atoms with E-state index in [-0.39, 0.29) is 5.69 Å². The molecule has 0 atom stereocenters. The summed E-state index contributed by atoms with van der Waals surface area (Å²) >= 11 is 0. The lowest BCUT2D eigenvalue weighted by atomic mass is 10.3. The molecule has 7 heteroatoms. The Hall–Kier alpha value is -2.70. The number of aromatic nitrogens is 5. The maximum Gasteiger partial charge on any atom is 0.359 e. The van der Waals surface area contributed by atoms with Gasteiger partial charge in [-0.1, -0.05) is 0 Å². The van der Waals surface area contributed by atoms with E-state index in [1.54, 1.807) is 42.5 Å². The van der Waals surface area contributed by atoms with Gasteiger partial charge in [0.2, 0.25) is 5.95 Å². The molecule has 0 unspecified atom stereocenters. The van der Waals surface area contributed by atoms with Crippen molar-refractivity contribution in [2.75, 3.05) is 6.61 Å². The van der Waals surface area contributed by atoms with E-state index in [1.165, 1.54) is 0 Å². The number of hydrogen-bond donors (Lipinski definition) is 1. The standard InChI is InChI=1S/C12H11N5O2/c1-2-19-11(18)10-9-8(3-4-14-9)15-12(16-10)17-6-5-13-7-17/h3-7,14H,2H2,1H3. The summed E-state index contributed by atoms with van der Waals surface area (Å²) in [5, 5.41) is 0. The van der Waals surface area contributed by atoms with Crippen LogP contribution in [0.2, 0.25) is 0 Å². The molecule has 3 aromatic rings. The second-order valence-corrected chi connectivity index (χ2v) is 3.80. The van der Waals surface area contributed by atoms with Crippen molar-refractivity contribution < 1.29 is 9.53 Å². The number of carbonyl (C=O) groups is 1. The number of nitrogens with one attached hydrogen (secondary N) is 1. The first-order chi connectivity index (χ1) is 9.29. The third-order valence-electron chi connectivity index (χ3n) is 2.60. The fraction of sp³-hybridized carbons (Fsp3) is 0.167. The molecule has 0 bridgehead atoms. The highest BCUT2D eigenvalue weighted by Crippen LogP contribution is 2.16. The van der Waals surface area contributed by atoms with Gasteiger partial charge in [0.1, 0.15) is 6.33 Å². The molecule has 0 aliphatic heterocycles. The number of hydrogen-bond acceptors (Lipinski definition) is 5. The third kappa shape index (κ3) is 1.95. The molecule has 0 saturated carbocycles. The van der Waals surface area contributed by atoms with Crippen molar-refractivity contribution >= 4 is 17.0 Å². The van der Waals surface area contributed by atoms with Crippen LogP contribution in [0.3, 0.4) is 0 Å². The molecule has 0 radical (unpaired) electrons. The van der Waals surface area contributed by atoms with Crippen molar-refractivity contribution in [3.63, 3.8) is 0 Å². The summed E-state index contributed by atoms with van der Waals surface area (Å²) in [6.45, 7) is 2.05. The number of H-pyrrole nitrogens is 1. The molecule has 0 amide bonds. The Bertz CT molecular complexity index is 717. The van der Waals surface area contributed by atoms with Gasteiger partial charge in [0.05, 0.1) is 17.6 Å². The highest BCUT2D eigenvalue weighted by atomic mass is 16.5. The second-order valence-electron chi connectivity index (χ2n) is 3.80. The number of ether oxygens (including phenoxy) is 1. The zero-order valence-electron chi connectivity index (χ0n) is 10.2. The third-order valence-corrected chi connectivity index (χ3v) is 2.60. The lowest BCUT2D eigenvalue weighted by molar-refractivity contribution is 0.0521. The van der Waals surface area contributed by atoms with Gasteiger partial charge in [-0.25, -0.2) is 19.7 Å². The maximum atomic E-state index is 11.9. The monoisotopic (exact) mass is 257 g/mol. The minimum absolute atomic E-state index is 0.223. The van der Waals surface area contributed by atoms with Crippen LogP contribution in [-0.2, 0) is 4.74 Å². The van der Waals surface area contributed by atoms with E-state index in [9.17, 15) is 4.79 Å². The maximum absolute atomic E-state index is 11.9. The Morgan fingerprint density at radius 3 is 3.11 bits per heavy atom. The van der Waals surface area contributed by atoms with Gasteiger partial charge in [0.15, 0.2) is 5.69 Å². The van der Waals surface area contributed by atoms with Crippen LogP contribution in [-0.4, -0.2) is 37.1 Å². The molecule has 3 rings (SSSR count). The molecular formula is C12H11N5O2. The normalized spacial score (nSPS) is 10.8. The molecule has 19 heavy (non-hydrogen) atoms. The molecule has 0 saturated heterocycles. The van der Waals surface area contributed by atoms with Gasteiger partial charge in [-0.05, 0) is 13.0 Å². The molecule has 0 fully saturated rings. The summed E-state index contributed by atoms with van der Waals surface area (Å²) in [5.41, 5.74) is 1.45. The number of carbonyl (C=O) groups excluding carboxylic acids is 1. The van der Waals surface area contributed by atoms with Crippen LogP contribution >= 0.6 is 0 Å². The Kier molecular flexibility index (Phi) is 2.71. The summed E-state index contributed by atoms with van der Waals surface area (Å²) in [4.78, 5) is 27.4. The minimum Gasteiger partial charge on any atom is -0.461 e. The van der Waals surface area contributed by atoms with Gasteiger partial charge < -0.3 is 9.72 Å². The number of rotatable bonds is 3. The molecule has 0 aromatic carbocycles. The van der Waals surface area contributed by atoms with Gasteiger partial charge in [0, 0.05) is 18.6 Å². The van der Waals surface area contributed by atoms with Gasteiger partial charge in [-0.2, -0.15) is 0 Å². The summed E-state index contributed by atoms with van der Waals surface area (Å²) in [7, 11) is 0. The van der Waals surface area contributed by atoms with Crippen LogP contribution in [0, 0.1) is 0 Å². The minimum atomic E-state index is -0.473. The van der Waals surface area contributed by atoms with E-state index >= 15 is 0 Å². The molecule has 0 spiro atoms. The summed E-state index contributed by atoms with van der Waals surface area (Å²) in [5.74, 6) is -0.0913. The van der Waals surface area contributed by atoms with Crippen LogP contribution in [0.1, 0.15) is 17.4 Å².